The Labute approximate surface area is 137 Å². The van der Waals surface area contributed by atoms with Crippen LogP contribution in [-0.4, -0.2) is 72.5 Å². The van der Waals surface area contributed by atoms with Gasteiger partial charge in [-0.15, -0.1) is 0 Å². The first-order valence-electron chi connectivity index (χ1n) is 8.52. The highest BCUT2D eigenvalue weighted by Gasteiger charge is 2.39. The van der Waals surface area contributed by atoms with Crippen molar-refractivity contribution < 1.29 is 24.2 Å². The van der Waals surface area contributed by atoms with Crippen LogP contribution in [0.4, 0.5) is 0 Å². The molecule has 0 aromatic rings. The zero-order valence-electron chi connectivity index (χ0n) is 14.0. The van der Waals surface area contributed by atoms with Crippen molar-refractivity contribution in [1.82, 2.24) is 10.2 Å². The summed E-state index contributed by atoms with van der Waals surface area (Å²) in [5.74, 6) is 0.00588. The quantitative estimate of drug-likeness (QED) is 0.762. The molecular formula is C16H28N2O5. The van der Waals surface area contributed by atoms with Crippen molar-refractivity contribution in [3.63, 3.8) is 0 Å². The molecule has 2 heterocycles. The van der Waals surface area contributed by atoms with E-state index in [1.807, 2.05) is 13.8 Å². The average molecular weight is 328 g/mol. The van der Waals surface area contributed by atoms with Crippen molar-refractivity contribution in [1.29, 1.82) is 0 Å². The van der Waals surface area contributed by atoms with Crippen molar-refractivity contribution in [3.8, 4) is 0 Å². The molecule has 0 spiro atoms. The number of nitrogens with zero attached hydrogens (tertiary/aromatic N) is 1. The number of hydrogen-bond donors (Lipinski definition) is 2. The lowest BCUT2D eigenvalue weighted by atomic mass is 9.94. The van der Waals surface area contributed by atoms with Crippen LogP contribution < -0.4 is 5.32 Å². The third kappa shape index (κ3) is 4.89. The van der Waals surface area contributed by atoms with Crippen LogP contribution in [0.25, 0.3) is 0 Å². The van der Waals surface area contributed by atoms with Crippen molar-refractivity contribution in [2.75, 3.05) is 26.3 Å². The molecule has 0 aromatic carbocycles. The maximum Gasteiger partial charge on any atom is 0.222 e. The number of β-amino-alcohol motifs (C(OH)–C–C–N with tert-alkyl or cyclic N) is 1. The first-order chi connectivity index (χ1) is 11.0. The Morgan fingerprint density at radius 3 is 2.74 bits per heavy atom. The Hall–Kier alpha value is -1.18. The zero-order chi connectivity index (χ0) is 16.8. The number of rotatable bonds is 4. The van der Waals surface area contributed by atoms with Gasteiger partial charge >= 0.3 is 0 Å². The molecule has 7 nitrogen and oxygen atoms in total. The van der Waals surface area contributed by atoms with Crippen LogP contribution in [0.3, 0.4) is 0 Å². The molecule has 132 valence electrons. The van der Waals surface area contributed by atoms with Gasteiger partial charge < -0.3 is 24.8 Å². The lowest BCUT2D eigenvalue weighted by molar-refractivity contribution is -0.169. The number of nitrogens with one attached hydrogen (secondary N) is 1. The highest BCUT2D eigenvalue weighted by Crippen LogP contribution is 2.28. The highest BCUT2D eigenvalue weighted by molar-refractivity contribution is 5.77. The Kier molecular flexibility index (Phi) is 6.80. The average Bonchev–Trinajstić information content (AvgIpc) is 2.51. The summed E-state index contributed by atoms with van der Waals surface area (Å²) in [6, 6.07) is -0.0945. The van der Waals surface area contributed by atoms with E-state index < -0.39 is 6.10 Å². The van der Waals surface area contributed by atoms with Gasteiger partial charge in [-0.25, -0.2) is 0 Å². The lowest BCUT2D eigenvalue weighted by Gasteiger charge is -2.44. The normalized spacial score (nSPS) is 31.7. The van der Waals surface area contributed by atoms with E-state index in [2.05, 4.69) is 5.32 Å². The van der Waals surface area contributed by atoms with Gasteiger partial charge in [0.1, 0.15) is 6.10 Å². The Balaban J connectivity index is 2.02. The van der Waals surface area contributed by atoms with Gasteiger partial charge in [-0.05, 0) is 19.8 Å². The molecule has 0 radical (unpaired) electrons. The Morgan fingerprint density at radius 2 is 2.04 bits per heavy atom. The topological polar surface area (TPSA) is 88.1 Å². The van der Waals surface area contributed by atoms with Crippen molar-refractivity contribution in [2.24, 2.45) is 0 Å². The molecule has 2 N–H and O–H groups in total. The number of carbonyl (C=O) groups is 2. The smallest absolute Gasteiger partial charge is 0.222 e. The number of carbonyl (C=O) groups excluding carboxylic acids is 2. The molecule has 0 aliphatic carbocycles. The molecule has 2 aliphatic rings. The van der Waals surface area contributed by atoms with E-state index >= 15 is 0 Å². The summed E-state index contributed by atoms with van der Waals surface area (Å²) < 4.78 is 11.5. The maximum absolute atomic E-state index is 12.2. The van der Waals surface area contributed by atoms with Crippen LogP contribution in [0.5, 0.6) is 0 Å². The standard InChI is InChI=1S/C16H28N2O5/c1-3-16(21)18-8-11(19)9-22-10-14-13(18)6-5-12(23-14)7-15(20)17-4-2/h11-14,19H,3-10H2,1-2H3,(H,17,20)/t11-,12-,13-,14+/m0/s1. The number of amides is 2. The predicted molar refractivity (Wildman–Crippen MR) is 83.8 cm³/mol. The molecule has 2 aliphatic heterocycles. The molecule has 2 saturated heterocycles. The monoisotopic (exact) mass is 328 g/mol. The van der Waals surface area contributed by atoms with Crippen molar-refractivity contribution >= 4 is 11.8 Å². The van der Waals surface area contributed by atoms with E-state index in [9.17, 15) is 14.7 Å². The van der Waals surface area contributed by atoms with Crippen LogP contribution in [0, 0.1) is 0 Å². The SMILES string of the molecule is CCNC(=O)C[C@@H]1CC[C@H]2[C@@H](COC[C@@H](O)CN2C(=O)CC)O1. The fraction of sp³-hybridized carbons (Fsp3) is 0.875. The second-order valence-corrected chi connectivity index (χ2v) is 6.19. The van der Waals surface area contributed by atoms with E-state index in [0.29, 0.717) is 26.0 Å². The van der Waals surface area contributed by atoms with Gasteiger partial charge in [0.05, 0.1) is 37.9 Å². The van der Waals surface area contributed by atoms with Gasteiger partial charge in [0.25, 0.3) is 0 Å². The van der Waals surface area contributed by atoms with Crippen LogP contribution >= 0.6 is 0 Å². The lowest BCUT2D eigenvalue weighted by Crippen LogP contribution is -2.57. The summed E-state index contributed by atoms with van der Waals surface area (Å²) >= 11 is 0. The molecule has 2 rings (SSSR count). The van der Waals surface area contributed by atoms with Gasteiger partial charge in [0.2, 0.25) is 11.8 Å². The minimum Gasteiger partial charge on any atom is -0.389 e. The highest BCUT2D eigenvalue weighted by atomic mass is 16.5. The second kappa shape index (κ2) is 8.61. The van der Waals surface area contributed by atoms with Gasteiger partial charge in [-0.1, -0.05) is 6.92 Å². The molecule has 0 bridgehead atoms. The van der Waals surface area contributed by atoms with E-state index in [0.717, 1.165) is 12.8 Å². The van der Waals surface area contributed by atoms with Crippen LogP contribution in [0.15, 0.2) is 0 Å². The van der Waals surface area contributed by atoms with E-state index in [-0.39, 0.29) is 43.2 Å². The summed E-state index contributed by atoms with van der Waals surface area (Å²) in [6.07, 6.45) is 1.17. The van der Waals surface area contributed by atoms with Gasteiger partial charge in [0, 0.05) is 19.5 Å². The third-order valence-electron chi connectivity index (χ3n) is 4.39. The van der Waals surface area contributed by atoms with Crippen LogP contribution in [0.1, 0.15) is 39.5 Å². The fourth-order valence-electron chi connectivity index (χ4n) is 3.31. The Morgan fingerprint density at radius 1 is 1.26 bits per heavy atom. The number of ether oxygens (including phenoxy) is 2. The fourth-order valence-corrected chi connectivity index (χ4v) is 3.31. The summed E-state index contributed by atoms with van der Waals surface area (Å²) in [5, 5.41) is 12.7. The molecule has 7 heteroatoms. The molecule has 2 amide bonds. The molecule has 0 aromatic heterocycles. The van der Waals surface area contributed by atoms with Gasteiger partial charge in [-0.2, -0.15) is 0 Å². The van der Waals surface area contributed by atoms with Crippen molar-refractivity contribution in [2.45, 2.75) is 63.9 Å². The number of aliphatic hydroxyl groups is 1. The molecule has 4 atom stereocenters. The first kappa shape index (κ1) is 18.2. The summed E-state index contributed by atoms with van der Waals surface area (Å²) in [4.78, 5) is 25.7. The second-order valence-electron chi connectivity index (χ2n) is 6.19. The first-order valence-corrected chi connectivity index (χ1v) is 8.52. The van der Waals surface area contributed by atoms with E-state index in [1.54, 1.807) is 4.90 Å². The van der Waals surface area contributed by atoms with Crippen molar-refractivity contribution in [3.05, 3.63) is 0 Å². The van der Waals surface area contributed by atoms with Gasteiger partial charge in [0.15, 0.2) is 0 Å². The zero-order valence-corrected chi connectivity index (χ0v) is 14.0. The van der Waals surface area contributed by atoms with E-state index in [1.165, 1.54) is 0 Å². The maximum atomic E-state index is 12.2. The molecule has 0 saturated carbocycles. The number of aliphatic hydroxyl groups excluding tert-OH is 1. The molecular weight excluding hydrogens is 300 g/mol. The van der Waals surface area contributed by atoms with E-state index in [4.69, 9.17) is 9.47 Å². The van der Waals surface area contributed by atoms with Crippen LogP contribution in [0.2, 0.25) is 0 Å². The predicted octanol–water partition coefficient (Wildman–Crippen LogP) is 0.0585. The van der Waals surface area contributed by atoms with Gasteiger partial charge in [-0.3, -0.25) is 9.59 Å². The summed E-state index contributed by atoms with van der Waals surface area (Å²) in [6.45, 7) is 5.12. The third-order valence-corrected chi connectivity index (χ3v) is 4.39. The minimum absolute atomic E-state index is 0.0142. The summed E-state index contributed by atoms with van der Waals surface area (Å²) in [5.41, 5.74) is 0. The molecule has 23 heavy (non-hydrogen) atoms. The number of fused-ring (bicyclic) bond motifs is 1. The minimum atomic E-state index is -0.667. The molecule has 0 unspecified atom stereocenters. The summed E-state index contributed by atoms with van der Waals surface area (Å²) in [7, 11) is 0. The van der Waals surface area contributed by atoms with Crippen LogP contribution in [-0.2, 0) is 19.1 Å². The largest absolute Gasteiger partial charge is 0.389 e. The number of hydrogen-bond acceptors (Lipinski definition) is 5. The Bertz CT molecular complexity index is 417. The molecule has 2 fully saturated rings.